The lowest BCUT2D eigenvalue weighted by Gasteiger charge is -2.35. The standard InChI is InChI=1S/C21H19N7O/c22-15-16-4-6-17(7-5-16)24-21(29)18-8-9-20(26-25-18)28-13-11-27(12-14-28)19-3-1-2-10-23-19/h1-10H,11-14H2,(H,24,29). The van der Waals surface area contributed by atoms with Crippen LogP contribution in [0.2, 0.25) is 0 Å². The molecule has 0 bridgehead atoms. The minimum absolute atomic E-state index is 0.241. The number of nitrogens with one attached hydrogen (secondary N) is 1. The maximum atomic E-state index is 12.4. The average molecular weight is 385 g/mol. The van der Waals surface area contributed by atoms with Crippen LogP contribution in [0.4, 0.5) is 17.3 Å². The molecule has 1 N–H and O–H groups in total. The number of rotatable bonds is 4. The van der Waals surface area contributed by atoms with E-state index in [0.29, 0.717) is 11.3 Å². The molecule has 3 aromatic rings. The second kappa shape index (κ2) is 8.35. The van der Waals surface area contributed by atoms with Gasteiger partial charge in [-0.1, -0.05) is 6.07 Å². The lowest BCUT2D eigenvalue weighted by atomic mass is 10.2. The van der Waals surface area contributed by atoms with Crippen molar-refractivity contribution in [3.05, 3.63) is 72.1 Å². The first-order valence-electron chi connectivity index (χ1n) is 9.29. The minimum atomic E-state index is -0.339. The number of benzene rings is 1. The summed E-state index contributed by atoms with van der Waals surface area (Å²) in [5, 5.41) is 19.9. The van der Waals surface area contributed by atoms with Crippen LogP contribution >= 0.6 is 0 Å². The van der Waals surface area contributed by atoms with Crippen molar-refractivity contribution < 1.29 is 4.79 Å². The highest BCUT2D eigenvalue weighted by molar-refractivity contribution is 6.02. The molecule has 1 amide bonds. The molecule has 1 fully saturated rings. The Labute approximate surface area is 168 Å². The lowest BCUT2D eigenvalue weighted by molar-refractivity contribution is 0.102. The highest BCUT2D eigenvalue weighted by Gasteiger charge is 2.19. The van der Waals surface area contributed by atoms with E-state index in [1.165, 1.54) is 0 Å². The third kappa shape index (κ3) is 4.30. The van der Waals surface area contributed by atoms with Gasteiger partial charge in [-0.2, -0.15) is 5.26 Å². The van der Waals surface area contributed by atoms with Crippen molar-refractivity contribution in [3.63, 3.8) is 0 Å². The van der Waals surface area contributed by atoms with Crippen LogP contribution in [-0.2, 0) is 0 Å². The van der Waals surface area contributed by atoms with E-state index in [0.717, 1.165) is 37.8 Å². The number of hydrogen-bond acceptors (Lipinski definition) is 7. The minimum Gasteiger partial charge on any atom is -0.353 e. The van der Waals surface area contributed by atoms with Crippen LogP contribution in [0.1, 0.15) is 16.1 Å². The molecule has 8 heteroatoms. The molecule has 0 spiro atoms. The number of pyridine rings is 1. The molecular weight excluding hydrogens is 366 g/mol. The summed E-state index contributed by atoms with van der Waals surface area (Å²) in [5.74, 6) is 1.39. The Kier molecular flexibility index (Phi) is 5.29. The Bertz CT molecular complexity index is 1010. The van der Waals surface area contributed by atoms with Crippen LogP contribution in [0.5, 0.6) is 0 Å². The highest BCUT2D eigenvalue weighted by Crippen LogP contribution is 2.17. The first kappa shape index (κ1) is 18.4. The smallest absolute Gasteiger partial charge is 0.276 e. The van der Waals surface area contributed by atoms with Gasteiger partial charge in [-0.3, -0.25) is 4.79 Å². The summed E-state index contributed by atoms with van der Waals surface area (Å²) < 4.78 is 0. The van der Waals surface area contributed by atoms with Crippen molar-refractivity contribution in [2.24, 2.45) is 0 Å². The van der Waals surface area contributed by atoms with Crippen molar-refractivity contribution in [2.75, 3.05) is 41.3 Å². The molecule has 2 aromatic heterocycles. The number of aromatic nitrogens is 3. The normalized spacial score (nSPS) is 13.6. The summed E-state index contributed by atoms with van der Waals surface area (Å²) in [6.45, 7) is 3.31. The zero-order valence-electron chi connectivity index (χ0n) is 15.7. The van der Waals surface area contributed by atoms with Crippen LogP contribution in [0.25, 0.3) is 0 Å². The van der Waals surface area contributed by atoms with Crippen LogP contribution < -0.4 is 15.1 Å². The van der Waals surface area contributed by atoms with Crippen molar-refractivity contribution in [1.82, 2.24) is 15.2 Å². The molecule has 4 rings (SSSR count). The number of anilines is 3. The summed E-state index contributed by atoms with van der Waals surface area (Å²) in [6, 6.07) is 18.1. The van der Waals surface area contributed by atoms with Crippen molar-refractivity contribution >= 4 is 23.2 Å². The van der Waals surface area contributed by atoms with Gasteiger partial charge < -0.3 is 15.1 Å². The van der Waals surface area contributed by atoms with Gasteiger partial charge in [0.25, 0.3) is 5.91 Å². The maximum Gasteiger partial charge on any atom is 0.276 e. The lowest BCUT2D eigenvalue weighted by Crippen LogP contribution is -2.47. The van der Waals surface area contributed by atoms with Gasteiger partial charge in [0.15, 0.2) is 11.5 Å². The third-order valence-corrected chi connectivity index (χ3v) is 4.73. The third-order valence-electron chi connectivity index (χ3n) is 4.73. The van der Waals surface area contributed by atoms with E-state index < -0.39 is 0 Å². The number of piperazine rings is 1. The van der Waals surface area contributed by atoms with E-state index in [-0.39, 0.29) is 11.6 Å². The quantitative estimate of drug-likeness (QED) is 0.736. The average Bonchev–Trinajstić information content (AvgIpc) is 2.80. The Morgan fingerprint density at radius 2 is 1.62 bits per heavy atom. The van der Waals surface area contributed by atoms with E-state index in [1.807, 2.05) is 30.3 Å². The molecule has 0 radical (unpaired) electrons. The molecule has 8 nitrogen and oxygen atoms in total. The summed E-state index contributed by atoms with van der Waals surface area (Å²) in [5.41, 5.74) is 1.38. The number of nitrogens with zero attached hydrogens (tertiary/aromatic N) is 6. The first-order chi connectivity index (χ1) is 14.2. The topological polar surface area (TPSA) is 98.0 Å². The maximum absolute atomic E-state index is 12.4. The molecule has 0 unspecified atom stereocenters. The predicted molar refractivity (Wildman–Crippen MR) is 110 cm³/mol. The van der Waals surface area contributed by atoms with Crippen molar-refractivity contribution in [2.45, 2.75) is 0 Å². The zero-order valence-corrected chi connectivity index (χ0v) is 15.7. The molecule has 0 atom stereocenters. The van der Waals surface area contributed by atoms with Crippen LogP contribution in [0, 0.1) is 11.3 Å². The Morgan fingerprint density at radius 3 is 2.21 bits per heavy atom. The summed E-state index contributed by atoms with van der Waals surface area (Å²) >= 11 is 0. The van der Waals surface area contributed by atoms with Gasteiger partial charge in [0.05, 0.1) is 11.6 Å². The molecule has 1 saturated heterocycles. The van der Waals surface area contributed by atoms with E-state index in [9.17, 15) is 4.79 Å². The monoisotopic (exact) mass is 385 g/mol. The molecule has 1 aliphatic heterocycles. The Morgan fingerprint density at radius 1 is 0.897 bits per heavy atom. The van der Waals surface area contributed by atoms with Crippen LogP contribution in [0.15, 0.2) is 60.8 Å². The molecule has 0 saturated carbocycles. The van der Waals surface area contributed by atoms with E-state index in [4.69, 9.17) is 5.26 Å². The summed E-state index contributed by atoms with van der Waals surface area (Å²) in [4.78, 5) is 21.1. The molecule has 1 aromatic carbocycles. The zero-order chi connectivity index (χ0) is 20.1. The molecule has 144 valence electrons. The van der Waals surface area contributed by atoms with Crippen molar-refractivity contribution in [1.29, 1.82) is 5.26 Å². The predicted octanol–water partition coefficient (Wildman–Crippen LogP) is 2.32. The molecule has 1 aliphatic rings. The second-order valence-corrected chi connectivity index (χ2v) is 6.58. The number of nitriles is 1. The first-order valence-corrected chi connectivity index (χ1v) is 9.29. The fourth-order valence-corrected chi connectivity index (χ4v) is 3.14. The summed E-state index contributed by atoms with van der Waals surface area (Å²) in [6.07, 6.45) is 1.80. The number of carbonyl (C=O) groups excluding carboxylic acids is 1. The highest BCUT2D eigenvalue weighted by atomic mass is 16.1. The largest absolute Gasteiger partial charge is 0.353 e. The van der Waals surface area contributed by atoms with Gasteiger partial charge in [-0.25, -0.2) is 4.98 Å². The van der Waals surface area contributed by atoms with E-state index in [1.54, 1.807) is 36.5 Å². The number of amides is 1. The second-order valence-electron chi connectivity index (χ2n) is 6.58. The van der Waals surface area contributed by atoms with Gasteiger partial charge in [-0.05, 0) is 48.5 Å². The number of hydrogen-bond donors (Lipinski definition) is 1. The molecular formula is C21H19N7O. The van der Waals surface area contributed by atoms with Crippen molar-refractivity contribution in [3.8, 4) is 6.07 Å². The summed E-state index contributed by atoms with van der Waals surface area (Å²) in [7, 11) is 0. The fraction of sp³-hybridized carbons (Fsp3) is 0.190. The number of carbonyl (C=O) groups is 1. The van der Waals surface area contributed by atoms with E-state index >= 15 is 0 Å². The fourth-order valence-electron chi connectivity index (χ4n) is 3.14. The SMILES string of the molecule is N#Cc1ccc(NC(=O)c2ccc(N3CCN(c4ccccn4)CC3)nn2)cc1. The van der Waals surface area contributed by atoms with Gasteiger partial charge in [0.2, 0.25) is 0 Å². The van der Waals surface area contributed by atoms with Gasteiger partial charge in [0.1, 0.15) is 5.82 Å². The van der Waals surface area contributed by atoms with Crippen LogP contribution in [0.3, 0.4) is 0 Å². The van der Waals surface area contributed by atoms with Gasteiger partial charge in [0, 0.05) is 38.1 Å². The molecule has 3 heterocycles. The Balaban J connectivity index is 1.35. The molecule has 29 heavy (non-hydrogen) atoms. The van der Waals surface area contributed by atoms with Crippen LogP contribution in [-0.4, -0.2) is 47.3 Å². The van der Waals surface area contributed by atoms with E-state index in [2.05, 4.69) is 30.3 Å². The van der Waals surface area contributed by atoms with Gasteiger partial charge in [-0.15, -0.1) is 10.2 Å². The van der Waals surface area contributed by atoms with Gasteiger partial charge >= 0.3 is 0 Å². The molecule has 0 aliphatic carbocycles. The Hall–Kier alpha value is -3.99.